The minimum Gasteiger partial charge on any atom is -0.444 e. The number of thioether (sulfide) groups is 2. The van der Waals surface area contributed by atoms with Crippen LogP contribution >= 0.6 is 35.1 Å². The number of hydrogen-bond donors (Lipinski definition) is 6. The summed E-state index contributed by atoms with van der Waals surface area (Å²) in [5, 5.41) is 41.9. The van der Waals surface area contributed by atoms with Gasteiger partial charge in [-0.15, -0.1) is 23.5 Å². The number of nitrogens with zero attached hydrogens (tertiary/aromatic N) is 14. The molecule has 6 aliphatic rings. The van der Waals surface area contributed by atoms with Crippen LogP contribution in [0.1, 0.15) is 139 Å². The van der Waals surface area contributed by atoms with Crippen molar-refractivity contribution in [1.29, 1.82) is 0 Å². The number of carbonyl (C=O) groups excluding carboxylic acids is 3. The summed E-state index contributed by atoms with van der Waals surface area (Å²) in [6, 6.07) is 0. The Morgan fingerprint density at radius 1 is 0.526 bits per heavy atom. The van der Waals surface area contributed by atoms with Gasteiger partial charge >= 0.3 is 18.3 Å². The number of nitrogens with two attached hydrogens (primary N) is 2. The van der Waals surface area contributed by atoms with Crippen molar-refractivity contribution >= 4 is 76.7 Å². The first-order valence-corrected chi connectivity index (χ1v) is 35.5. The molecule has 5 aromatic heterocycles. The number of ether oxygens (including phenoxy) is 3. The van der Waals surface area contributed by atoms with E-state index in [1.54, 1.807) is 76.0 Å². The lowest BCUT2D eigenvalue weighted by Crippen LogP contribution is -2.35. The summed E-state index contributed by atoms with van der Waals surface area (Å²) in [5.74, 6) is 3.33. The number of rotatable bonds is 10. The summed E-state index contributed by atoms with van der Waals surface area (Å²) in [7, 11) is 0. The number of anilines is 2. The highest BCUT2D eigenvalue weighted by Crippen LogP contribution is 2.33. The molecule has 4 fully saturated rings. The zero-order valence-corrected chi connectivity index (χ0v) is 61.5. The van der Waals surface area contributed by atoms with Crippen molar-refractivity contribution in [2.45, 2.75) is 181 Å². The molecule has 0 bridgehead atoms. The zero-order chi connectivity index (χ0) is 72.0. The molecule has 26 nitrogen and oxygen atoms in total. The number of fused-ring (bicyclic) bond motifs is 2. The number of aliphatic hydroxyl groups excluding tert-OH is 4. The van der Waals surface area contributed by atoms with Crippen LogP contribution in [0.2, 0.25) is 5.15 Å². The molecule has 11 rings (SSSR count). The first-order chi connectivity index (χ1) is 46.0. The van der Waals surface area contributed by atoms with Crippen LogP contribution in [0.5, 0.6) is 0 Å². The third-order valence-electron chi connectivity index (χ3n) is 15.0. The average molecular weight is 1410 g/mol. The number of hydrogen-bond acceptors (Lipinski definition) is 25. The molecule has 9 heterocycles. The molecule has 0 saturated carbocycles. The number of β-amino-alcohol motifs (C(OH)–C–C–N with tert-alkyl or cyclic N) is 4. The van der Waals surface area contributed by atoms with Crippen LogP contribution in [-0.2, 0) is 27.1 Å². The van der Waals surface area contributed by atoms with Crippen molar-refractivity contribution in [3.05, 3.63) is 108 Å². The third kappa shape index (κ3) is 28.8. The lowest BCUT2D eigenvalue weighted by atomic mass is 10.0. The summed E-state index contributed by atoms with van der Waals surface area (Å²) in [4.78, 5) is 82.6. The van der Waals surface area contributed by atoms with E-state index in [2.05, 4.69) is 60.8 Å². The fourth-order valence-corrected chi connectivity index (χ4v) is 12.3. The fraction of sp³-hybridized carbons (Fsp3) is 0.603. The molecule has 2 aliphatic carbocycles. The maximum atomic E-state index is 12.0. The van der Waals surface area contributed by atoms with E-state index in [1.165, 1.54) is 36.2 Å². The van der Waals surface area contributed by atoms with E-state index in [0.717, 1.165) is 77.1 Å². The molecule has 0 unspecified atom stereocenters. The second kappa shape index (κ2) is 40.8. The molecule has 8 N–H and O–H groups in total. The van der Waals surface area contributed by atoms with Gasteiger partial charge in [0.05, 0.1) is 74.0 Å². The van der Waals surface area contributed by atoms with E-state index >= 15 is 0 Å². The smallest absolute Gasteiger partial charge is 0.410 e. The Balaban J connectivity index is 0.000000254. The third-order valence-corrected chi connectivity index (χ3v) is 17.4. The van der Waals surface area contributed by atoms with Crippen molar-refractivity contribution in [2.24, 2.45) is 23.7 Å². The number of amides is 3. The number of aromatic nitrogens is 10. The molecule has 4 saturated heterocycles. The second-order valence-corrected chi connectivity index (χ2v) is 28.4. The van der Waals surface area contributed by atoms with Crippen molar-refractivity contribution in [3.63, 3.8) is 0 Å². The Bertz CT molecular complexity index is 3160. The predicted molar refractivity (Wildman–Crippen MR) is 381 cm³/mol. The molecule has 4 aliphatic heterocycles. The van der Waals surface area contributed by atoms with Gasteiger partial charge in [-0.05, 0) is 99.6 Å². The second-order valence-electron chi connectivity index (χ2n) is 26.0. The molecule has 3 amide bonds. The molecule has 8 atom stereocenters. The largest absolute Gasteiger partial charge is 0.444 e. The Labute approximate surface area is 586 Å². The highest BCUT2D eigenvalue weighted by molar-refractivity contribution is 7.99. The molecule has 0 aromatic carbocycles. The highest BCUT2D eigenvalue weighted by Gasteiger charge is 2.39. The van der Waals surface area contributed by atoms with Crippen LogP contribution in [0.4, 0.5) is 26.0 Å². The standard InChI is InChI=1S/C17H20N6OS.C14H21N3O3S.2C11H21NO3.C7H7N3.C4H3ClN2.2C2H6/c18-17-13-2-1-11(16(13)21-10-22-17)6-23-7-12(14(24)8-23)9-25-15-5-19-3-4-20-15;1-14(2,3)20-13(19)17-7-10(11(18)8-17)9-21-12-6-15-4-5-16-12;2*1-5-8-6-12(7-9(8)13)10(14)15-11(2,3)4;8-7-5-2-1-3-6(5)9-4-10-7;5-4-3-6-1-2-7-4;2*1-2/h1,3-5,10,12,14,24H,2,6-9H2,(H2,18,21,22);4-6,10-11,18H,7-9H2,1-3H3;2*8-9,13H,5-7H2,1-4H3;1,3-4H,2H2,(H2,8,9,10);1-3H;2*1-2H3/t12-,14+;10-,11+;2*8-,9-;;;;/m1100..../s1. The molecule has 97 heavy (non-hydrogen) atoms. The Kier molecular flexibility index (Phi) is 34.7. The maximum absolute atomic E-state index is 12.0. The molecule has 29 heteroatoms. The van der Waals surface area contributed by atoms with Gasteiger partial charge < -0.3 is 60.8 Å². The fourth-order valence-electron chi connectivity index (χ4n) is 10.3. The zero-order valence-electron chi connectivity index (χ0n) is 59.2. The lowest BCUT2D eigenvalue weighted by Gasteiger charge is -2.24. The SMILES string of the molecule is CC.CC.CC(C)(C)OC(=O)N1C[C@H](CSc2cnccn2)[C@@H](O)C1.CC[C@H]1CN(C(=O)OC(C)(C)C)C[C@@H]1O.CC[C@H]1CN(C(=O)OC(C)(C)C)C[C@@H]1O.Clc1cnccn1.Nc1ncnc2c1CC=C2.Nc1ncnc2c1CC=C2CN1C[C@H](CSc2cnccn2)[C@@H](O)C1. The number of allylic oxidation sites excluding steroid dienone is 2. The number of aliphatic hydroxyl groups is 4. The summed E-state index contributed by atoms with van der Waals surface area (Å²) in [6.45, 7) is 33.7. The molecule has 536 valence electrons. The first kappa shape index (κ1) is 82.5. The van der Waals surface area contributed by atoms with Crippen LogP contribution in [0.25, 0.3) is 11.6 Å². The van der Waals surface area contributed by atoms with Gasteiger partial charge in [0.15, 0.2) is 0 Å². The van der Waals surface area contributed by atoms with Gasteiger partial charge in [-0.1, -0.05) is 65.3 Å². The van der Waals surface area contributed by atoms with Gasteiger partial charge in [-0.25, -0.2) is 49.3 Å². The molecule has 0 spiro atoms. The number of likely N-dealkylation sites (tertiary alicyclic amines) is 4. The van der Waals surface area contributed by atoms with Crippen LogP contribution in [0, 0.1) is 23.7 Å². The summed E-state index contributed by atoms with van der Waals surface area (Å²) in [6.07, 6.45) is 24.7. The van der Waals surface area contributed by atoms with Crippen LogP contribution in [0.15, 0.2) is 90.6 Å². The minimum atomic E-state index is -0.526. The number of nitrogen functional groups attached to an aromatic ring is 2. The normalized spacial score (nSPS) is 21.2. The average Bonchev–Trinajstić information content (AvgIpc) is 1.67. The Hall–Kier alpha value is -6.92. The van der Waals surface area contributed by atoms with Gasteiger partial charge in [0, 0.05) is 123 Å². The maximum Gasteiger partial charge on any atom is 0.410 e. The number of carbonyl (C=O) groups is 3. The van der Waals surface area contributed by atoms with Crippen LogP contribution < -0.4 is 11.5 Å². The van der Waals surface area contributed by atoms with Crippen LogP contribution in [0.3, 0.4) is 0 Å². The van der Waals surface area contributed by atoms with Gasteiger partial charge in [-0.3, -0.25) is 19.9 Å². The van der Waals surface area contributed by atoms with Gasteiger partial charge in [0.1, 0.15) is 56.3 Å². The van der Waals surface area contributed by atoms with E-state index in [9.17, 15) is 34.8 Å². The van der Waals surface area contributed by atoms with Crippen molar-refractivity contribution < 1.29 is 49.0 Å². The van der Waals surface area contributed by atoms with Gasteiger partial charge in [0.25, 0.3) is 0 Å². The lowest BCUT2D eigenvalue weighted by molar-refractivity contribution is 0.0261. The molecular formula is C68H105ClN16O10S2. The Morgan fingerprint density at radius 3 is 1.33 bits per heavy atom. The topological polar surface area (TPSA) is 354 Å². The molecule has 5 aromatic rings. The predicted octanol–water partition coefficient (Wildman–Crippen LogP) is 9.73. The summed E-state index contributed by atoms with van der Waals surface area (Å²) in [5.41, 5.74) is 15.2. The van der Waals surface area contributed by atoms with E-state index in [0.29, 0.717) is 68.4 Å². The monoisotopic (exact) mass is 1400 g/mol. The van der Waals surface area contributed by atoms with E-state index < -0.39 is 35.1 Å². The van der Waals surface area contributed by atoms with Crippen molar-refractivity contribution in [2.75, 3.05) is 81.9 Å². The molecule has 0 radical (unpaired) electrons. The number of halogens is 1. The first-order valence-electron chi connectivity index (χ1n) is 33.1. The Morgan fingerprint density at radius 2 is 0.938 bits per heavy atom. The highest BCUT2D eigenvalue weighted by atomic mass is 35.5. The summed E-state index contributed by atoms with van der Waals surface area (Å²) >= 11 is 8.55. The quantitative estimate of drug-likeness (QED) is 0.0559. The van der Waals surface area contributed by atoms with Crippen LogP contribution in [-0.4, -0.2) is 220 Å². The van der Waals surface area contributed by atoms with Gasteiger partial charge in [-0.2, -0.15) is 0 Å². The van der Waals surface area contributed by atoms with E-state index in [1.807, 2.05) is 116 Å². The summed E-state index contributed by atoms with van der Waals surface area (Å²) < 4.78 is 15.8. The molecular weight excluding hydrogens is 1300 g/mol. The van der Waals surface area contributed by atoms with Crippen molar-refractivity contribution in [3.8, 4) is 0 Å². The van der Waals surface area contributed by atoms with E-state index in [4.69, 9.17) is 37.3 Å². The van der Waals surface area contributed by atoms with Crippen molar-refractivity contribution in [1.82, 2.24) is 69.4 Å². The van der Waals surface area contributed by atoms with E-state index in [-0.39, 0.29) is 48.1 Å². The van der Waals surface area contributed by atoms with Gasteiger partial charge in [0.2, 0.25) is 0 Å². The minimum absolute atomic E-state index is 0.0181.